The number of benzene rings is 1. The zero-order valence-corrected chi connectivity index (χ0v) is 20.4. The summed E-state index contributed by atoms with van der Waals surface area (Å²) in [6.45, 7) is 3.16. The molecule has 4 heteroatoms. The zero-order valence-electron chi connectivity index (χ0n) is 20.4. The highest BCUT2D eigenvalue weighted by Crippen LogP contribution is 2.46. The summed E-state index contributed by atoms with van der Waals surface area (Å²) in [7, 11) is 0. The summed E-state index contributed by atoms with van der Waals surface area (Å²) in [6, 6.07) is 6.34. The molecule has 3 aliphatic carbocycles. The first kappa shape index (κ1) is 23.2. The van der Waals surface area contributed by atoms with Crippen molar-refractivity contribution in [3.8, 4) is 5.75 Å². The summed E-state index contributed by atoms with van der Waals surface area (Å²) in [4.78, 5) is 12.5. The second kappa shape index (κ2) is 10.8. The minimum Gasteiger partial charge on any atom is -0.482 e. The Balaban J connectivity index is 1.11. The van der Waals surface area contributed by atoms with E-state index in [1.54, 1.807) is 0 Å². The molecule has 4 nitrogen and oxygen atoms in total. The number of carbonyl (C=O) groups excluding carboxylic acids is 1. The predicted octanol–water partition coefficient (Wildman–Crippen LogP) is 6.28. The molecule has 5 rings (SSSR count). The summed E-state index contributed by atoms with van der Waals surface area (Å²) in [5.41, 5.74) is 2.67. The number of hydrogen-bond donors (Lipinski definition) is 0. The average molecular weight is 455 g/mol. The normalized spacial score (nSPS) is 31.9. The fourth-order valence-corrected chi connectivity index (χ4v) is 7.09. The van der Waals surface area contributed by atoms with E-state index in [4.69, 9.17) is 14.2 Å². The topological polar surface area (TPSA) is 44.8 Å². The van der Waals surface area contributed by atoms with Crippen molar-refractivity contribution in [3.05, 3.63) is 29.3 Å². The van der Waals surface area contributed by atoms with E-state index in [1.807, 2.05) is 6.07 Å². The first-order valence-corrected chi connectivity index (χ1v) is 13.8. The Morgan fingerprint density at radius 3 is 2.73 bits per heavy atom. The first-order valence-electron chi connectivity index (χ1n) is 13.8. The fourth-order valence-electron chi connectivity index (χ4n) is 7.09. The van der Waals surface area contributed by atoms with Crippen LogP contribution in [0.1, 0.15) is 88.7 Å². The summed E-state index contributed by atoms with van der Waals surface area (Å²) in [6.07, 6.45) is 16.7. The molecule has 0 amide bonds. The fraction of sp³-hybridized carbons (Fsp3) is 0.759. The molecule has 33 heavy (non-hydrogen) atoms. The Morgan fingerprint density at radius 1 is 1.03 bits per heavy atom. The van der Waals surface area contributed by atoms with Gasteiger partial charge in [0.2, 0.25) is 0 Å². The van der Waals surface area contributed by atoms with Crippen LogP contribution in [0, 0.1) is 23.7 Å². The van der Waals surface area contributed by atoms with Crippen LogP contribution in [-0.4, -0.2) is 31.4 Å². The Morgan fingerprint density at radius 2 is 1.91 bits per heavy atom. The first-order chi connectivity index (χ1) is 16.2. The van der Waals surface area contributed by atoms with Crippen LogP contribution in [0.15, 0.2) is 18.2 Å². The molecule has 1 aromatic carbocycles. The van der Waals surface area contributed by atoms with Gasteiger partial charge in [-0.1, -0.05) is 57.6 Å². The summed E-state index contributed by atoms with van der Waals surface area (Å²) < 4.78 is 18.1. The molecule has 1 aromatic rings. The van der Waals surface area contributed by atoms with E-state index in [-0.39, 0.29) is 18.7 Å². The molecular formula is C29H42O4. The molecule has 1 aliphatic heterocycles. The number of hydrogen-bond acceptors (Lipinski definition) is 4. The maximum Gasteiger partial charge on any atom is 0.344 e. The molecule has 4 aliphatic rings. The molecule has 0 spiro atoms. The smallest absolute Gasteiger partial charge is 0.344 e. The van der Waals surface area contributed by atoms with Crippen molar-refractivity contribution in [2.45, 2.75) is 103 Å². The minimum atomic E-state index is -0.206. The van der Waals surface area contributed by atoms with E-state index in [9.17, 15) is 4.79 Å². The molecule has 6 unspecified atom stereocenters. The molecule has 1 saturated heterocycles. The quantitative estimate of drug-likeness (QED) is 0.292. The molecule has 0 N–H and O–H groups in total. The second-order valence-corrected chi connectivity index (χ2v) is 11.1. The Bertz CT molecular complexity index is 805. The van der Waals surface area contributed by atoms with E-state index in [0.717, 1.165) is 37.5 Å². The highest BCUT2D eigenvalue weighted by molar-refractivity contribution is 5.71. The number of ether oxygens (including phenoxy) is 3. The van der Waals surface area contributed by atoms with Crippen LogP contribution in [0.4, 0.5) is 0 Å². The van der Waals surface area contributed by atoms with Crippen molar-refractivity contribution in [2.75, 3.05) is 13.2 Å². The maximum atomic E-state index is 12.5. The number of carbonyl (C=O) groups is 1. The van der Waals surface area contributed by atoms with Crippen LogP contribution in [0.25, 0.3) is 0 Å². The lowest BCUT2D eigenvalue weighted by Crippen LogP contribution is -2.30. The molecule has 0 aromatic heterocycles. The van der Waals surface area contributed by atoms with Gasteiger partial charge in [0.1, 0.15) is 11.9 Å². The molecule has 2 saturated carbocycles. The molecule has 0 radical (unpaired) electrons. The summed E-state index contributed by atoms with van der Waals surface area (Å²) >= 11 is 0. The van der Waals surface area contributed by atoms with Crippen LogP contribution in [-0.2, 0) is 27.1 Å². The van der Waals surface area contributed by atoms with Crippen molar-refractivity contribution < 1.29 is 19.0 Å². The van der Waals surface area contributed by atoms with Gasteiger partial charge in [-0.05, 0) is 85.8 Å². The lowest BCUT2D eigenvalue weighted by atomic mass is 9.74. The van der Waals surface area contributed by atoms with E-state index in [2.05, 4.69) is 19.1 Å². The lowest BCUT2D eigenvalue weighted by molar-refractivity contribution is -0.153. The number of esters is 1. The molecule has 182 valence electrons. The third-order valence-corrected chi connectivity index (χ3v) is 8.90. The average Bonchev–Trinajstić information content (AvgIpc) is 3.55. The standard InChI is InChI=1S/C29H42O4/c1-2-3-4-5-6-7-10-26-25-16-21-9-8-11-27(24(21)17-23(25)18-31-26)32-19-29(30)33-28-15-20-12-13-22(28)14-20/h8-9,11,20,22-23,25-26,28H,2-7,10,12-19H2,1H3. The molecule has 3 fully saturated rings. The van der Waals surface area contributed by atoms with Gasteiger partial charge in [-0.15, -0.1) is 0 Å². The van der Waals surface area contributed by atoms with Crippen LogP contribution < -0.4 is 4.74 Å². The van der Waals surface area contributed by atoms with E-state index in [1.165, 1.54) is 75.3 Å². The van der Waals surface area contributed by atoms with Gasteiger partial charge in [-0.3, -0.25) is 0 Å². The van der Waals surface area contributed by atoms with Gasteiger partial charge in [-0.2, -0.15) is 0 Å². The highest BCUT2D eigenvalue weighted by atomic mass is 16.6. The summed E-state index contributed by atoms with van der Waals surface area (Å²) in [5.74, 6) is 3.24. The van der Waals surface area contributed by atoms with Crippen LogP contribution in [0.5, 0.6) is 5.75 Å². The third-order valence-electron chi connectivity index (χ3n) is 8.90. The largest absolute Gasteiger partial charge is 0.482 e. The Hall–Kier alpha value is -1.55. The van der Waals surface area contributed by atoms with Gasteiger partial charge in [-0.25, -0.2) is 4.79 Å². The van der Waals surface area contributed by atoms with Crippen LogP contribution in [0.2, 0.25) is 0 Å². The lowest BCUT2D eigenvalue weighted by Gasteiger charge is -2.30. The van der Waals surface area contributed by atoms with Crippen molar-refractivity contribution in [1.82, 2.24) is 0 Å². The van der Waals surface area contributed by atoms with Gasteiger partial charge in [0, 0.05) is 0 Å². The Kier molecular flexibility index (Phi) is 7.59. The van der Waals surface area contributed by atoms with Gasteiger partial charge in [0.25, 0.3) is 0 Å². The van der Waals surface area contributed by atoms with Gasteiger partial charge in [0.05, 0.1) is 12.7 Å². The highest BCUT2D eigenvalue weighted by Gasteiger charge is 2.42. The molecule has 2 bridgehead atoms. The summed E-state index contributed by atoms with van der Waals surface area (Å²) in [5, 5.41) is 0. The number of fused-ring (bicyclic) bond motifs is 4. The molecule has 6 atom stereocenters. The van der Waals surface area contributed by atoms with Crippen molar-refractivity contribution in [1.29, 1.82) is 0 Å². The Labute approximate surface area is 199 Å². The van der Waals surface area contributed by atoms with E-state index < -0.39 is 0 Å². The van der Waals surface area contributed by atoms with Gasteiger partial charge < -0.3 is 14.2 Å². The predicted molar refractivity (Wildman–Crippen MR) is 129 cm³/mol. The zero-order chi connectivity index (χ0) is 22.6. The van der Waals surface area contributed by atoms with Crippen molar-refractivity contribution in [2.24, 2.45) is 23.7 Å². The van der Waals surface area contributed by atoms with E-state index in [0.29, 0.717) is 23.9 Å². The maximum absolute atomic E-state index is 12.5. The van der Waals surface area contributed by atoms with Gasteiger partial charge in [0.15, 0.2) is 6.61 Å². The van der Waals surface area contributed by atoms with Gasteiger partial charge >= 0.3 is 5.97 Å². The SMILES string of the molecule is CCCCCCCCC1OCC2Cc3c(cccc3OCC(=O)OC3CC4CCC3C4)CC21. The van der Waals surface area contributed by atoms with Crippen LogP contribution in [0.3, 0.4) is 0 Å². The third kappa shape index (κ3) is 5.42. The number of unbranched alkanes of at least 4 members (excludes halogenated alkanes) is 5. The second-order valence-electron chi connectivity index (χ2n) is 11.1. The molecular weight excluding hydrogens is 412 g/mol. The number of rotatable bonds is 11. The van der Waals surface area contributed by atoms with Crippen molar-refractivity contribution >= 4 is 5.97 Å². The monoisotopic (exact) mass is 454 g/mol. The van der Waals surface area contributed by atoms with E-state index >= 15 is 0 Å². The van der Waals surface area contributed by atoms with Crippen LogP contribution >= 0.6 is 0 Å². The van der Waals surface area contributed by atoms with Crippen molar-refractivity contribution in [3.63, 3.8) is 0 Å². The molecule has 1 heterocycles. The minimum absolute atomic E-state index is 0.0234.